The number of hydrogen-bond donors (Lipinski definition) is 7. The monoisotopic (exact) mass is 1030 g/mol. The molecule has 11 atom stereocenters. The van der Waals surface area contributed by atoms with Crippen molar-refractivity contribution >= 4 is 41.5 Å². The van der Waals surface area contributed by atoms with E-state index in [0.717, 1.165) is 11.8 Å². The summed E-state index contributed by atoms with van der Waals surface area (Å²) in [6.45, 7) is 4.85. The Hall–Kier alpha value is -6.88. The number of aliphatic hydroxyl groups excluding tert-OH is 2. The zero-order chi connectivity index (χ0) is 53.5. The van der Waals surface area contributed by atoms with E-state index >= 15 is 0 Å². The molecule has 28 heteroatoms. The summed E-state index contributed by atoms with van der Waals surface area (Å²) in [5.74, 6) is -4.88. The smallest absolute Gasteiger partial charge is 0.471 e. The van der Waals surface area contributed by atoms with Crippen LogP contribution in [0.3, 0.4) is 0 Å². The van der Waals surface area contributed by atoms with Gasteiger partial charge in [-0.25, -0.2) is 14.4 Å². The summed E-state index contributed by atoms with van der Waals surface area (Å²) >= 11 is 0. The Morgan fingerprint density at radius 3 is 1.86 bits per heavy atom. The molecule has 1 unspecified atom stereocenters. The van der Waals surface area contributed by atoms with Crippen LogP contribution in [-0.2, 0) is 51.2 Å². The number of carbonyl (C=O) groups is 5. The van der Waals surface area contributed by atoms with E-state index in [1.807, 2.05) is 0 Å². The van der Waals surface area contributed by atoms with Crippen molar-refractivity contribution in [3.05, 3.63) is 91.7 Å². The Labute approximate surface area is 408 Å². The predicted octanol–water partition coefficient (Wildman–Crippen LogP) is 2.72. The maximum atomic E-state index is 13.6. The summed E-state index contributed by atoms with van der Waals surface area (Å²) < 4.78 is 74.3. The van der Waals surface area contributed by atoms with Crippen molar-refractivity contribution in [2.45, 2.75) is 133 Å². The minimum absolute atomic E-state index is 0.240. The summed E-state index contributed by atoms with van der Waals surface area (Å²) in [6, 6.07) is 4.49. The van der Waals surface area contributed by atoms with Gasteiger partial charge in [-0.1, -0.05) is 0 Å². The largest absolute Gasteiger partial charge is 0.491 e. The number of ether oxygens (including phenoxy) is 6. The predicted molar refractivity (Wildman–Crippen MR) is 238 cm³/mol. The number of likely N-dealkylation sites (N-methyl/N-ethyl adjacent to an activating group) is 1. The number of carbonyl (C=O) groups excluding carboxylic acids is 5. The highest BCUT2D eigenvalue weighted by molar-refractivity contribution is 5.81. The lowest BCUT2D eigenvalue weighted by atomic mass is 9.72. The molecule has 25 nitrogen and oxygen atoms in total. The molecule has 0 bridgehead atoms. The Morgan fingerprint density at radius 2 is 1.38 bits per heavy atom. The maximum Gasteiger partial charge on any atom is 0.471 e. The Bertz CT molecular complexity index is 2330. The second-order valence-corrected chi connectivity index (χ2v) is 18.4. The van der Waals surface area contributed by atoms with Crippen LogP contribution in [0.1, 0.15) is 58.6 Å². The fourth-order valence-corrected chi connectivity index (χ4v) is 8.41. The van der Waals surface area contributed by atoms with E-state index in [1.54, 1.807) is 26.1 Å². The van der Waals surface area contributed by atoms with Gasteiger partial charge in [0, 0.05) is 50.2 Å². The lowest BCUT2D eigenvalue weighted by molar-refractivity contribution is -0.385. The number of alkyl carbamates (subject to hydrolysis) is 2. The highest BCUT2D eigenvalue weighted by atomic mass is 19.4. The number of aliphatic hydroxyl groups is 3. The lowest BCUT2D eigenvalue weighted by Crippen LogP contribution is -2.70. The van der Waals surface area contributed by atoms with Crippen molar-refractivity contribution in [1.82, 2.24) is 26.2 Å². The van der Waals surface area contributed by atoms with Crippen molar-refractivity contribution in [3.63, 3.8) is 0 Å². The minimum atomic E-state index is -5.31. The van der Waals surface area contributed by atoms with E-state index in [4.69, 9.17) is 28.4 Å². The van der Waals surface area contributed by atoms with Crippen molar-refractivity contribution in [2.75, 3.05) is 20.2 Å². The van der Waals surface area contributed by atoms with Crippen LogP contribution in [0.25, 0.3) is 0 Å². The third-order valence-corrected chi connectivity index (χ3v) is 11.6. The van der Waals surface area contributed by atoms with Gasteiger partial charge in [0.2, 0.25) is 5.91 Å². The Morgan fingerprint density at radius 1 is 0.847 bits per heavy atom. The standard InChI is InChI=1S/C44H56F3N7O18/c1-22(55)49-30-17-29(51-40(60)68-20-24-9-13-26(14-10-24)54(65)66)31(32(56)35(30)71-37-33(57)36(43(5,62)21-69-37)52(6)41(61)72-42(2,3)4)34-28(16-15-27(70-34)18-48-38(58)44(45,46)47)50-39(59)67-19-23-7-11-25(12-8-23)53(63)64/h7-15,28-37,56-57,62H,16-21H2,1-6H3,(H,48,58)(H,49,55)(H,50,59)(H,51,60)/t28-,29+,30-,31-,32+,33-,34?,35+,36-,37-,43+/m1/s1. The summed E-state index contributed by atoms with van der Waals surface area (Å²) in [5, 5.41) is 67.5. The topological polar surface area (TPSA) is 339 Å². The van der Waals surface area contributed by atoms with Gasteiger partial charge in [-0.15, -0.1) is 0 Å². The number of hydrogen-bond acceptors (Lipinski definition) is 18. The number of benzene rings is 2. The fraction of sp³-hybridized carbons (Fsp3) is 0.568. The zero-order valence-electron chi connectivity index (χ0n) is 39.7. The van der Waals surface area contributed by atoms with Crippen molar-refractivity contribution < 1.29 is 90.7 Å². The molecule has 1 aliphatic carbocycles. The van der Waals surface area contributed by atoms with E-state index < -0.39 is 144 Å². The molecule has 1 saturated carbocycles. The van der Waals surface area contributed by atoms with Crippen LogP contribution in [0.15, 0.2) is 60.4 Å². The van der Waals surface area contributed by atoms with E-state index in [1.165, 1.54) is 68.6 Å². The molecule has 72 heavy (non-hydrogen) atoms. The van der Waals surface area contributed by atoms with Gasteiger partial charge in [-0.3, -0.25) is 29.8 Å². The number of halogens is 3. The molecule has 0 spiro atoms. The summed E-state index contributed by atoms with van der Waals surface area (Å²) in [6.07, 6.45) is -17.0. The number of nitrogens with one attached hydrogen (secondary N) is 4. The normalized spacial score (nSPS) is 27.4. The first-order valence-corrected chi connectivity index (χ1v) is 22.2. The molecule has 396 valence electrons. The second kappa shape index (κ2) is 23.1. The third kappa shape index (κ3) is 14.8. The molecule has 7 N–H and O–H groups in total. The maximum absolute atomic E-state index is 13.6. The third-order valence-electron chi connectivity index (χ3n) is 11.6. The van der Waals surface area contributed by atoms with Crippen molar-refractivity contribution in [2.24, 2.45) is 5.92 Å². The molecule has 3 aliphatic rings. The number of rotatable bonds is 15. The first-order valence-electron chi connectivity index (χ1n) is 22.2. The molecule has 0 radical (unpaired) electrons. The molecular formula is C44H56F3N7O18. The van der Waals surface area contributed by atoms with Gasteiger partial charge >= 0.3 is 30.4 Å². The van der Waals surface area contributed by atoms with Gasteiger partial charge in [-0.05, 0) is 82.0 Å². The SMILES string of the molecule is CC(=O)N[C@@H]1C[C@H](NC(=O)OCc2ccc([N+](=O)[O-])cc2)[C@@H](C2OC(CNC(=O)C(F)(F)F)=CC[C@H]2NC(=O)OCc2ccc([N+](=O)[O-])cc2)[C@H](O)[C@H]1O[C@H]1OC[C@](C)(O)[C@H](N(C)C(=O)OC(C)(C)C)[C@H]1O. The van der Waals surface area contributed by atoms with Gasteiger partial charge in [0.05, 0.1) is 47.2 Å². The number of non-ortho nitro benzene ring substituents is 2. The van der Waals surface area contributed by atoms with Gasteiger partial charge in [0.15, 0.2) is 6.29 Å². The van der Waals surface area contributed by atoms with E-state index in [0.29, 0.717) is 11.1 Å². The van der Waals surface area contributed by atoms with E-state index in [-0.39, 0.29) is 30.0 Å². The molecule has 2 aromatic carbocycles. The van der Waals surface area contributed by atoms with Crippen molar-refractivity contribution in [3.8, 4) is 0 Å². The Kier molecular flexibility index (Phi) is 18.0. The first-order chi connectivity index (χ1) is 33.5. The van der Waals surface area contributed by atoms with Gasteiger partial charge in [0.25, 0.3) is 11.4 Å². The van der Waals surface area contributed by atoms with E-state index in [9.17, 15) is 72.7 Å². The van der Waals surface area contributed by atoms with Crippen LogP contribution >= 0.6 is 0 Å². The van der Waals surface area contributed by atoms with Crippen LogP contribution in [-0.4, -0.2) is 153 Å². The fourth-order valence-electron chi connectivity index (χ4n) is 8.41. The highest BCUT2D eigenvalue weighted by Crippen LogP contribution is 2.39. The minimum Gasteiger partial charge on any atom is -0.491 e. The molecule has 2 aromatic rings. The zero-order valence-corrected chi connectivity index (χ0v) is 39.7. The first kappa shape index (κ1) is 56.0. The molecule has 5 amide bonds. The molecule has 2 heterocycles. The van der Waals surface area contributed by atoms with Crippen LogP contribution in [0, 0.1) is 26.1 Å². The van der Waals surface area contributed by atoms with E-state index in [2.05, 4.69) is 16.0 Å². The van der Waals surface area contributed by atoms with Crippen molar-refractivity contribution in [1.29, 1.82) is 0 Å². The number of nitro groups is 2. The number of amides is 5. The van der Waals surface area contributed by atoms with Crippen LogP contribution in [0.2, 0.25) is 0 Å². The molecular weight excluding hydrogens is 972 g/mol. The highest BCUT2D eigenvalue weighted by Gasteiger charge is 2.56. The molecule has 1 saturated heterocycles. The quantitative estimate of drug-likeness (QED) is 0.0766. The molecule has 0 aromatic heterocycles. The van der Waals surface area contributed by atoms with Crippen LogP contribution in [0.4, 0.5) is 38.9 Å². The second-order valence-electron chi connectivity index (χ2n) is 18.4. The molecule has 2 aliphatic heterocycles. The van der Waals surface area contributed by atoms with Crippen LogP contribution in [0.5, 0.6) is 0 Å². The number of nitro benzene ring substituents is 2. The summed E-state index contributed by atoms with van der Waals surface area (Å²) in [5.41, 5.74) is -2.80. The number of alkyl halides is 3. The van der Waals surface area contributed by atoms with Gasteiger partial charge in [0.1, 0.15) is 48.5 Å². The van der Waals surface area contributed by atoms with Crippen LogP contribution < -0.4 is 21.3 Å². The van der Waals surface area contributed by atoms with Gasteiger partial charge < -0.3 is 69.9 Å². The average molecular weight is 1030 g/mol. The lowest BCUT2D eigenvalue weighted by Gasteiger charge is -2.52. The average Bonchev–Trinajstić information content (AvgIpc) is 3.28. The number of nitrogens with zero attached hydrogens (tertiary/aromatic N) is 3. The Balaban J connectivity index is 1.52. The summed E-state index contributed by atoms with van der Waals surface area (Å²) in [7, 11) is 1.24. The molecule has 2 fully saturated rings. The summed E-state index contributed by atoms with van der Waals surface area (Å²) in [4.78, 5) is 86.9. The van der Waals surface area contributed by atoms with Gasteiger partial charge in [-0.2, -0.15) is 13.2 Å². The molecule has 5 rings (SSSR count).